The third-order valence-electron chi connectivity index (χ3n) is 2.33. The largest absolute Gasteiger partial charge is 0.365 e. The summed E-state index contributed by atoms with van der Waals surface area (Å²) in [7, 11) is 0. The number of pyridine rings is 1. The Bertz CT molecular complexity index is 538. The van der Waals surface area contributed by atoms with Crippen LogP contribution in [0.1, 0.15) is 20.9 Å². The molecule has 0 aliphatic carbocycles. The Hall–Kier alpha value is -1.95. The first-order valence-corrected chi connectivity index (χ1v) is 5.94. The predicted octanol–water partition coefficient (Wildman–Crippen LogP) is 1.56. The highest BCUT2D eigenvalue weighted by molar-refractivity contribution is 7.09. The molecule has 0 aliphatic rings. The van der Waals surface area contributed by atoms with Gasteiger partial charge in [0.05, 0.1) is 23.3 Å². The maximum atomic E-state index is 11.2. The number of thiazole rings is 1. The molecular weight excluding hydrogens is 236 g/mol. The van der Waals surface area contributed by atoms with Crippen LogP contribution in [0.15, 0.2) is 23.8 Å². The number of aryl methyl sites for hydroxylation is 1. The van der Waals surface area contributed by atoms with E-state index < -0.39 is 5.91 Å². The van der Waals surface area contributed by atoms with Crippen LogP contribution < -0.4 is 11.1 Å². The summed E-state index contributed by atoms with van der Waals surface area (Å²) in [5.41, 5.74) is 8.44. The van der Waals surface area contributed by atoms with Gasteiger partial charge in [-0.1, -0.05) is 0 Å². The van der Waals surface area contributed by atoms with Gasteiger partial charge >= 0.3 is 0 Å². The number of rotatable bonds is 4. The first-order chi connectivity index (χ1) is 8.18. The molecule has 17 heavy (non-hydrogen) atoms. The molecule has 2 rings (SSSR count). The van der Waals surface area contributed by atoms with E-state index in [1.54, 1.807) is 35.2 Å². The molecule has 0 unspecified atom stereocenters. The second-order valence-electron chi connectivity index (χ2n) is 3.48. The summed E-state index contributed by atoms with van der Waals surface area (Å²) in [5, 5.41) is 3.10. The molecule has 0 aromatic carbocycles. The average Bonchev–Trinajstić information content (AvgIpc) is 2.72. The lowest BCUT2D eigenvalue weighted by molar-refractivity contribution is 0.100. The van der Waals surface area contributed by atoms with Crippen molar-refractivity contribution in [3.05, 3.63) is 40.0 Å². The third-order valence-corrected chi connectivity index (χ3v) is 3.27. The van der Waals surface area contributed by atoms with E-state index in [0.717, 1.165) is 10.6 Å². The summed E-state index contributed by atoms with van der Waals surface area (Å²) < 4.78 is 0. The molecule has 2 heterocycles. The zero-order valence-corrected chi connectivity index (χ0v) is 10.1. The molecule has 0 fully saturated rings. The number of hydrogen-bond acceptors (Lipinski definition) is 5. The lowest BCUT2D eigenvalue weighted by Crippen LogP contribution is -2.15. The molecule has 1 amide bonds. The van der Waals surface area contributed by atoms with E-state index in [9.17, 15) is 4.79 Å². The van der Waals surface area contributed by atoms with Gasteiger partial charge in [-0.05, 0) is 19.1 Å². The van der Waals surface area contributed by atoms with E-state index in [-0.39, 0.29) is 0 Å². The minimum absolute atomic E-state index is 0.398. The highest BCUT2D eigenvalue weighted by Gasteiger charge is 2.09. The number of aromatic nitrogens is 2. The highest BCUT2D eigenvalue weighted by Crippen LogP contribution is 2.16. The number of carbonyl (C=O) groups is 1. The van der Waals surface area contributed by atoms with Crippen molar-refractivity contribution in [2.45, 2.75) is 13.5 Å². The summed E-state index contributed by atoms with van der Waals surface area (Å²) in [5.74, 6) is 0.0226. The number of anilines is 1. The number of primary amides is 1. The van der Waals surface area contributed by atoms with Crippen molar-refractivity contribution in [1.82, 2.24) is 9.97 Å². The number of hydrogen-bond donors (Lipinski definition) is 2. The molecule has 0 bridgehead atoms. The van der Waals surface area contributed by atoms with Crippen LogP contribution in [0.3, 0.4) is 0 Å². The summed E-state index contributed by atoms with van der Waals surface area (Å²) in [4.78, 5) is 20.6. The van der Waals surface area contributed by atoms with E-state index in [2.05, 4.69) is 15.3 Å². The lowest BCUT2D eigenvalue weighted by atomic mass is 10.2. The van der Waals surface area contributed by atoms with Gasteiger partial charge < -0.3 is 11.1 Å². The van der Waals surface area contributed by atoms with Gasteiger partial charge in [-0.2, -0.15) is 0 Å². The number of carbonyl (C=O) groups excluding carboxylic acids is 1. The Balaban J connectivity index is 2.14. The van der Waals surface area contributed by atoms with Crippen LogP contribution in [0.2, 0.25) is 0 Å². The van der Waals surface area contributed by atoms with Crippen molar-refractivity contribution < 1.29 is 4.79 Å². The van der Waals surface area contributed by atoms with Crippen LogP contribution in [0.5, 0.6) is 0 Å². The molecule has 0 saturated carbocycles. The Morgan fingerprint density at radius 3 is 3.00 bits per heavy atom. The van der Waals surface area contributed by atoms with Crippen LogP contribution in [0.25, 0.3) is 0 Å². The van der Waals surface area contributed by atoms with Crippen molar-refractivity contribution >= 4 is 23.1 Å². The minimum atomic E-state index is -0.485. The lowest BCUT2D eigenvalue weighted by Gasteiger charge is -2.07. The molecule has 2 aromatic heterocycles. The Kier molecular flexibility index (Phi) is 3.34. The number of nitrogens with one attached hydrogen (secondary N) is 1. The molecule has 0 aliphatic heterocycles. The fourth-order valence-electron chi connectivity index (χ4n) is 1.40. The number of nitrogens with two attached hydrogens (primary N) is 1. The monoisotopic (exact) mass is 248 g/mol. The quantitative estimate of drug-likeness (QED) is 0.860. The standard InChI is InChI=1S/C11H12N4OS/c1-7-9(17-6-15-7)5-14-11-8(10(12)16)3-2-4-13-11/h2-4,6H,5H2,1H3,(H2,12,16)(H,13,14). The first-order valence-electron chi connectivity index (χ1n) is 5.06. The molecule has 88 valence electrons. The molecule has 0 spiro atoms. The smallest absolute Gasteiger partial charge is 0.252 e. The molecular formula is C11H12N4OS. The maximum Gasteiger partial charge on any atom is 0.252 e. The Morgan fingerprint density at radius 2 is 2.35 bits per heavy atom. The van der Waals surface area contributed by atoms with Crippen LogP contribution in [0.4, 0.5) is 5.82 Å². The van der Waals surface area contributed by atoms with Crippen molar-refractivity contribution in [3.8, 4) is 0 Å². The third kappa shape index (κ3) is 2.59. The van der Waals surface area contributed by atoms with E-state index in [0.29, 0.717) is 17.9 Å². The van der Waals surface area contributed by atoms with Crippen molar-refractivity contribution in [3.63, 3.8) is 0 Å². The zero-order valence-electron chi connectivity index (χ0n) is 9.30. The van der Waals surface area contributed by atoms with E-state index in [4.69, 9.17) is 5.73 Å². The van der Waals surface area contributed by atoms with E-state index in [1.165, 1.54) is 0 Å². The van der Waals surface area contributed by atoms with Gasteiger partial charge in [0.15, 0.2) is 0 Å². The maximum absolute atomic E-state index is 11.2. The van der Waals surface area contributed by atoms with Crippen LogP contribution >= 0.6 is 11.3 Å². The molecule has 5 nitrogen and oxygen atoms in total. The molecule has 6 heteroatoms. The van der Waals surface area contributed by atoms with Gasteiger partial charge in [-0.25, -0.2) is 9.97 Å². The molecule has 2 aromatic rings. The van der Waals surface area contributed by atoms with Gasteiger partial charge in [0, 0.05) is 11.1 Å². The average molecular weight is 248 g/mol. The van der Waals surface area contributed by atoms with Gasteiger partial charge in [0.1, 0.15) is 5.82 Å². The summed E-state index contributed by atoms with van der Waals surface area (Å²) in [6, 6.07) is 3.33. The second kappa shape index (κ2) is 4.92. The van der Waals surface area contributed by atoms with Crippen molar-refractivity contribution in [1.29, 1.82) is 0 Å². The van der Waals surface area contributed by atoms with Gasteiger partial charge in [0.25, 0.3) is 5.91 Å². The van der Waals surface area contributed by atoms with Crippen LogP contribution in [-0.4, -0.2) is 15.9 Å². The van der Waals surface area contributed by atoms with Gasteiger partial charge in [-0.15, -0.1) is 11.3 Å². The summed E-state index contributed by atoms with van der Waals surface area (Å²) >= 11 is 1.57. The topological polar surface area (TPSA) is 80.9 Å². The molecule has 0 atom stereocenters. The highest BCUT2D eigenvalue weighted by atomic mass is 32.1. The predicted molar refractivity (Wildman–Crippen MR) is 66.9 cm³/mol. The summed E-state index contributed by atoms with van der Waals surface area (Å²) in [6.45, 7) is 2.54. The van der Waals surface area contributed by atoms with Gasteiger partial charge in [0.2, 0.25) is 0 Å². The zero-order chi connectivity index (χ0) is 12.3. The molecule has 3 N–H and O–H groups in total. The van der Waals surface area contributed by atoms with Crippen molar-refractivity contribution in [2.75, 3.05) is 5.32 Å². The van der Waals surface area contributed by atoms with Crippen LogP contribution in [-0.2, 0) is 6.54 Å². The Labute approximate surface area is 103 Å². The number of amides is 1. The SMILES string of the molecule is Cc1ncsc1CNc1ncccc1C(N)=O. The fraction of sp³-hybridized carbons (Fsp3) is 0.182. The second-order valence-corrected chi connectivity index (χ2v) is 4.42. The minimum Gasteiger partial charge on any atom is -0.365 e. The molecule has 0 radical (unpaired) electrons. The van der Waals surface area contributed by atoms with E-state index in [1.807, 2.05) is 6.92 Å². The molecule has 0 saturated heterocycles. The fourth-order valence-corrected chi connectivity index (χ4v) is 2.12. The normalized spacial score (nSPS) is 10.2. The Morgan fingerprint density at radius 1 is 1.53 bits per heavy atom. The van der Waals surface area contributed by atoms with Crippen LogP contribution in [0, 0.1) is 6.92 Å². The van der Waals surface area contributed by atoms with Crippen molar-refractivity contribution in [2.24, 2.45) is 5.73 Å². The summed E-state index contributed by atoms with van der Waals surface area (Å²) in [6.07, 6.45) is 1.62. The van der Waals surface area contributed by atoms with Gasteiger partial charge in [-0.3, -0.25) is 4.79 Å². The van der Waals surface area contributed by atoms with E-state index >= 15 is 0 Å². The number of nitrogens with zero attached hydrogens (tertiary/aromatic N) is 2. The first kappa shape index (κ1) is 11.5.